The molecule has 0 atom stereocenters. The first-order chi connectivity index (χ1) is 9.85. The quantitative estimate of drug-likeness (QED) is 0.772. The van der Waals surface area contributed by atoms with Crippen LogP contribution in [-0.4, -0.2) is 17.7 Å². The predicted octanol–water partition coefficient (Wildman–Crippen LogP) is 4.02. The molecule has 2 nitrogen and oxygen atoms in total. The Kier molecular flexibility index (Phi) is 3.90. The van der Waals surface area contributed by atoms with Gasteiger partial charge in [-0.25, -0.2) is 0 Å². The number of hydrogen-bond acceptors (Lipinski definition) is 2. The minimum Gasteiger partial charge on any atom is -0.367 e. The van der Waals surface area contributed by atoms with E-state index in [1.807, 2.05) is 0 Å². The molecule has 0 N–H and O–H groups in total. The molecule has 1 heterocycles. The van der Waals surface area contributed by atoms with E-state index in [9.17, 15) is 4.79 Å². The standard InChI is InChI=1S/C18H23NO/c20-15-16-8-7-13-19(14-16)18(11-5-2-6-12-18)17-9-3-1-4-10-17/h1,3-4,9-10,14-15H,2,5-8,11-13H2. The fraction of sp³-hybridized carbons (Fsp3) is 0.500. The molecule has 20 heavy (non-hydrogen) atoms. The maximum atomic E-state index is 11.1. The largest absolute Gasteiger partial charge is 0.367 e. The smallest absolute Gasteiger partial charge is 0.147 e. The van der Waals surface area contributed by atoms with Crippen LogP contribution in [0.1, 0.15) is 50.5 Å². The molecule has 1 aliphatic carbocycles. The molecule has 0 bridgehead atoms. The average Bonchev–Trinajstić information content (AvgIpc) is 2.56. The van der Waals surface area contributed by atoms with Gasteiger partial charge in [0.2, 0.25) is 0 Å². The molecule has 1 saturated carbocycles. The summed E-state index contributed by atoms with van der Waals surface area (Å²) in [6.07, 6.45) is 11.5. The Morgan fingerprint density at radius 3 is 2.45 bits per heavy atom. The first-order valence-electron chi connectivity index (χ1n) is 7.83. The number of hydrogen-bond donors (Lipinski definition) is 0. The summed E-state index contributed by atoms with van der Waals surface area (Å²) in [7, 11) is 0. The molecule has 0 radical (unpaired) electrons. The SMILES string of the molecule is O=CC1=CN(C2(c3ccccc3)CCCCC2)CCC1. The Morgan fingerprint density at radius 2 is 1.75 bits per heavy atom. The molecule has 0 amide bonds. The Bertz CT molecular complexity index is 485. The molecule has 1 fully saturated rings. The first-order valence-corrected chi connectivity index (χ1v) is 7.83. The number of benzene rings is 1. The molecule has 0 aromatic heterocycles. The van der Waals surface area contributed by atoms with Crippen molar-refractivity contribution in [1.82, 2.24) is 4.90 Å². The zero-order chi connectivity index (χ0) is 13.8. The molecule has 0 saturated heterocycles. The van der Waals surface area contributed by atoms with Gasteiger partial charge in [-0.1, -0.05) is 49.6 Å². The van der Waals surface area contributed by atoms with Gasteiger partial charge in [-0.3, -0.25) is 4.79 Å². The summed E-state index contributed by atoms with van der Waals surface area (Å²) in [5.41, 5.74) is 2.49. The highest BCUT2D eigenvalue weighted by Crippen LogP contribution is 2.43. The predicted molar refractivity (Wildman–Crippen MR) is 81.3 cm³/mol. The first kappa shape index (κ1) is 13.4. The van der Waals surface area contributed by atoms with E-state index < -0.39 is 0 Å². The number of nitrogens with zero attached hydrogens (tertiary/aromatic N) is 1. The Hall–Kier alpha value is -1.57. The van der Waals surface area contributed by atoms with Gasteiger partial charge in [0.05, 0.1) is 5.54 Å². The van der Waals surface area contributed by atoms with E-state index in [0.29, 0.717) is 0 Å². The monoisotopic (exact) mass is 269 g/mol. The minimum absolute atomic E-state index is 0.119. The van der Waals surface area contributed by atoms with Gasteiger partial charge in [0.1, 0.15) is 6.29 Å². The van der Waals surface area contributed by atoms with Gasteiger partial charge in [0.25, 0.3) is 0 Å². The summed E-state index contributed by atoms with van der Waals surface area (Å²) >= 11 is 0. The lowest BCUT2D eigenvalue weighted by molar-refractivity contribution is -0.105. The molecule has 0 spiro atoms. The highest BCUT2D eigenvalue weighted by molar-refractivity contribution is 5.73. The van der Waals surface area contributed by atoms with Crippen LogP contribution in [0, 0.1) is 0 Å². The molecular formula is C18H23NO. The molecule has 0 unspecified atom stereocenters. The van der Waals surface area contributed by atoms with Crippen molar-refractivity contribution in [2.45, 2.75) is 50.5 Å². The van der Waals surface area contributed by atoms with E-state index in [1.165, 1.54) is 37.7 Å². The summed E-state index contributed by atoms with van der Waals surface area (Å²) < 4.78 is 0. The lowest BCUT2D eigenvalue weighted by Gasteiger charge is -2.48. The van der Waals surface area contributed by atoms with E-state index in [0.717, 1.165) is 31.2 Å². The number of carbonyl (C=O) groups excluding carboxylic acids is 1. The fourth-order valence-electron chi connectivity index (χ4n) is 3.84. The van der Waals surface area contributed by atoms with E-state index in [2.05, 4.69) is 41.4 Å². The number of allylic oxidation sites excluding steroid dienone is 1. The van der Waals surface area contributed by atoms with E-state index >= 15 is 0 Å². The lowest BCUT2D eigenvalue weighted by Crippen LogP contribution is -2.46. The number of rotatable bonds is 3. The Morgan fingerprint density at radius 1 is 1.00 bits per heavy atom. The van der Waals surface area contributed by atoms with Crippen molar-refractivity contribution >= 4 is 6.29 Å². The fourth-order valence-corrected chi connectivity index (χ4v) is 3.84. The van der Waals surface area contributed by atoms with Gasteiger partial charge < -0.3 is 4.90 Å². The normalized spacial score (nSPS) is 22.2. The second-order valence-electron chi connectivity index (χ2n) is 6.08. The molecule has 3 rings (SSSR count). The summed E-state index contributed by atoms with van der Waals surface area (Å²) in [6, 6.07) is 10.9. The summed E-state index contributed by atoms with van der Waals surface area (Å²) in [6.45, 7) is 1.08. The van der Waals surface area contributed by atoms with Crippen molar-refractivity contribution < 1.29 is 4.79 Å². The van der Waals surface area contributed by atoms with Gasteiger partial charge in [-0.15, -0.1) is 0 Å². The van der Waals surface area contributed by atoms with Gasteiger partial charge >= 0.3 is 0 Å². The molecule has 2 heteroatoms. The van der Waals surface area contributed by atoms with Crippen molar-refractivity contribution in [3.8, 4) is 0 Å². The third-order valence-electron chi connectivity index (χ3n) is 4.88. The van der Waals surface area contributed by atoms with E-state index in [4.69, 9.17) is 0 Å². The molecule has 1 aliphatic heterocycles. The second-order valence-corrected chi connectivity index (χ2v) is 6.08. The second kappa shape index (κ2) is 5.82. The molecule has 1 aromatic carbocycles. The summed E-state index contributed by atoms with van der Waals surface area (Å²) in [4.78, 5) is 13.6. The van der Waals surface area contributed by atoms with Crippen molar-refractivity contribution in [2.24, 2.45) is 0 Å². The van der Waals surface area contributed by atoms with Crippen LogP contribution in [0.4, 0.5) is 0 Å². The Balaban J connectivity index is 2.00. The summed E-state index contributed by atoms with van der Waals surface area (Å²) in [5.74, 6) is 0. The van der Waals surface area contributed by atoms with Crippen molar-refractivity contribution in [3.05, 3.63) is 47.7 Å². The molecular weight excluding hydrogens is 246 g/mol. The van der Waals surface area contributed by atoms with E-state index in [-0.39, 0.29) is 5.54 Å². The third-order valence-corrected chi connectivity index (χ3v) is 4.88. The number of carbonyl (C=O) groups is 1. The van der Waals surface area contributed by atoms with Crippen molar-refractivity contribution in [2.75, 3.05) is 6.54 Å². The maximum absolute atomic E-state index is 11.1. The van der Waals surface area contributed by atoms with Gasteiger partial charge in [0, 0.05) is 18.3 Å². The van der Waals surface area contributed by atoms with Gasteiger partial charge in [0.15, 0.2) is 0 Å². The maximum Gasteiger partial charge on any atom is 0.147 e. The lowest BCUT2D eigenvalue weighted by atomic mass is 9.75. The van der Waals surface area contributed by atoms with Crippen LogP contribution >= 0.6 is 0 Å². The molecule has 1 aromatic rings. The van der Waals surface area contributed by atoms with Crippen LogP contribution in [0.15, 0.2) is 42.1 Å². The van der Waals surface area contributed by atoms with Crippen LogP contribution in [-0.2, 0) is 10.3 Å². The average molecular weight is 269 g/mol. The topological polar surface area (TPSA) is 20.3 Å². The zero-order valence-electron chi connectivity index (χ0n) is 12.1. The van der Waals surface area contributed by atoms with Crippen molar-refractivity contribution in [3.63, 3.8) is 0 Å². The Labute approximate surface area is 121 Å². The molecule has 106 valence electrons. The zero-order valence-corrected chi connectivity index (χ0v) is 12.1. The minimum atomic E-state index is 0.119. The third kappa shape index (κ3) is 2.39. The number of aldehydes is 1. The van der Waals surface area contributed by atoms with Crippen LogP contribution < -0.4 is 0 Å². The molecule has 2 aliphatic rings. The highest BCUT2D eigenvalue weighted by atomic mass is 16.1. The van der Waals surface area contributed by atoms with Crippen LogP contribution in [0.5, 0.6) is 0 Å². The van der Waals surface area contributed by atoms with Crippen LogP contribution in [0.25, 0.3) is 0 Å². The van der Waals surface area contributed by atoms with Gasteiger partial charge in [-0.2, -0.15) is 0 Å². The van der Waals surface area contributed by atoms with Crippen LogP contribution in [0.2, 0.25) is 0 Å². The van der Waals surface area contributed by atoms with Crippen LogP contribution in [0.3, 0.4) is 0 Å². The van der Waals surface area contributed by atoms with Gasteiger partial charge in [-0.05, 0) is 31.2 Å². The highest BCUT2D eigenvalue weighted by Gasteiger charge is 2.38. The van der Waals surface area contributed by atoms with Crippen molar-refractivity contribution in [1.29, 1.82) is 0 Å². The summed E-state index contributed by atoms with van der Waals surface area (Å²) in [5, 5.41) is 0. The van der Waals surface area contributed by atoms with E-state index in [1.54, 1.807) is 0 Å².